The molecule has 1 aromatic heterocycles. The van der Waals surface area contributed by atoms with Gasteiger partial charge in [0.25, 0.3) is 0 Å². The number of hydrogen-bond acceptors (Lipinski definition) is 5. The molecule has 1 saturated heterocycles. The van der Waals surface area contributed by atoms with Crippen LogP contribution in [0.25, 0.3) is 11.4 Å². The SMILES string of the molecule is Cc1ccc(-c2noc(C3CSCC3N)n2)cc1. The summed E-state index contributed by atoms with van der Waals surface area (Å²) in [6.07, 6.45) is 0. The van der Waals surface area contributed by atoms with Crippen LogP contribution in [-0.2, 0) is 0 Å². The molecule has 0 aliphatic carbocycles. The standard InChI is InChI=1S/C13H15N3OS/c1-8-2-4-9(5-3-8)12-15-13(17-16-12)10-6-18-7-11(10)14/h2-5,10-11H,6-7,14H2,1H3. The molecule has 0 bridgehead atoms. The third kappa shape index (κ3) is 2.15. The van der Waals surface area contributed by atoms with Crippen LogP contribution >= 0.6 is 11.8 Å². The second-order valence-electron chi connectivity index (χ2n) is 4.63. The average molecular weight is 261 g/mol. The second-order valence-corrected chi connectivity index (χ2v) is 5.70. The van der Waals surface area contributed by atoms with Crippen molar-refractivity contribution in [2.75, 3.05) is 11.5 Å². The third-order valence-corrected chi connectivity index (χ3v) is 4.41. The highest BCUT2D eigenvalue weighted by Crippen LogP contribution is 2.31. The molecule has 4 nitrogen and oxygen atoms in total. The van der Waals surface area contributed by atoms with Crippen LogP contribution in [0.15, 0.2) is 28.8 Å². The van der Waals surface area contributed by atoms with E-state index < -0.39 is 0 Å². The van der Waals surface area contributed by atoms with Crippen LogP contribution in [-0.4, -0.2) is 27.7 Å². The summed E-state index contributed by atoms with van der Waals surface area (Å²) in [6.45, 7) is 2.06. The first kappa shape index (κ1) is 11.7. The molecule has 2 heterocycles. The maximum Gasteiger partial charge on any atom is 0.232 e. The number of benzene rings is 1. The minimum Gasteiger partial charge on any atom is -0.339 e. The van der Waals surface area contributed by atoms with Gasteiger partial charge in [-0.3, -0.25) is 0 Å². The summed E-state index contributed by atoms with van der Waals surface area (Å²) >= 11 is 1.84. The smallest absolute Gasteiger partial charge is 0.232 e. The maximum absolute atomic E-state index is 6.03. The van der Waals surface area contributed by atoms with E-state index in [9.17, 15) is 0 Å². The van der Waals surface area contributed by atoms with Gasteiger partial charge in [-0.25, -0.2) is 0 Å². The summed E-state index contributed by atoms with van der Waals surface area (Å²) in [5, 5.41) is 4.04. The fraction of sp³-hybridized carbons (Fsp3) is 0.385. The van der Waals surface area contributed by atoms with Crippen molar-refractivity contribution in [3.8, 4) is 11.4 Å². The zero-order valence-corrected chi connectivity index (χ0v) is 11.0. The Morgan fingerprint density at radius 1 is 1.28 bits per heavy atom. The average Bonchev–Trinajstić information content (AvgIpc) is 2.98. The predicted octanol–water partition coefficient (Wildman–Crippen LogP) is 2.20. The Morgan fingerprint density at radius 3 is 2.72 bits per heavy atom. The zero-order chi connectivity index (χ0) is 12.5. The number of nitrogens with zero attached hydrogens (tertiary/aromatic N) is 2. The van der Waals surface area contributed by atoms with Gasteiger partial charge < -0.3 is 10.3 Å². The van der Waals surface area contributed by atoms with Crippen LogP contribution in [0.3, 0.4) is 0 Å². The summed E-state index contributed by atoms with van der Waals surface area (Å²) < 4.78 is 5.35. The van der Waals surface area contributed by atoms with E-state index >= 15 is 0 Å². The lowest BCUT2D eigenvalue weighted by Crippen LogP contribution is -2.26. The number of nitrogens with two attached hydrogens (primary N) is 1. The molecule has 0 amide bonds. The van der Waals surface area contributed by atoms with E-state index in [4.69, 9.17) is 10.3 Å². The molecule has 2 unspecified atom stereocenters. The van der Waals surface area contributed by atoms with Crippen LogP contribution in [0.2, 0.25) is 0 Å². The van der Waals surface area contributed by atoms with Crippen molar-refractivity contribution in [3.63, 3.8) is 0 Å². The van der Waals surface area contributed by atoms with Crippen LogP contribution in [0.5, 0.6) is 0 Å². The minimum absolute atomic E-state index is 0.126. The van der Waals surface area contributed by atoms with E-state index in [2.05, 4.69) is 17.1 Å². The van der Waals surface area contributed by atoms with E-state index in [1.54, 1.807) is 0 Å². The highest BCUT2D eigenvalue weighted by Gasteiger charge is 2.30. The van der Waals surface area contributed by atoms with Gasteiger partial charge in [-0.2, -0.15) is 16.7 Å². The number of aryl methyl sites for hydroxylation is 1. The van der Waals surface area contributed by atoms with Crippen LogP contribution < -0.4 is 5.73 Å². The number of rotatable bonds is 2. The molecular weight excluding hydrogens is 246 g/mol. The molecule has 1 fully saturated rings. The maximum atomic E-state index is 6.03. The Balaban J connectivity index is 1.87. The number of thioether (sulfide) groups is 1. The molecule has 2 N–H and O–H groups in total. The Hall–Kier alpha value is -1.33. The summed E-state index contributed by atoms with van der Waals surface area (Å²) in [5.74, 6) is 3.45. The van der Waals surface area contributed by atoms with Crippen LogP contribution in [0.1, 0.15) is 17.4 Å². The van der Waals surface area contributed by atoms with Crippen molar-refractivity contribution in [2.24, 2.45) is 5.73 Å². The molecule has 5 heteroatoms. The highest BCUT2D eigenvalue weighted by molar-refractivity contribution is 7.99. The Kier molecular flexibility index (Phi) is 3.09. The molecule has 0 spiro atoms. The summed E-state index contributed by atoms with van der Waals surface area (Å²) in [6, 6.07) is 8.23. The first-order valence-corrected chi connectivity index (χ1v) is 7.13. The fourth-order valence-electron chi connectivity index (χ4n) is 2.03. The predicted molar refractivity (Wildman–Crippen MR) is 72.5 cm³/mol. The molecule has 1 aliphatic heterocycles. The van der Waals surface area contributed by atoms with E-state index in [1.165, 1.54) is 5.56 Å². The lowest BCUT2D eigenvalue weighted by atomic mass is 10.1. The monoisotopic (exact) mass is 261 g/mol. The molecule has 2 aromatic rings. The first-order chi connectivity index (χ1) is 8.74. The lowest BCUT2D eigenvalue weighted by molar-refractivity contribution is 0.352. The summed E-state index contributed by atoms with van der Waals surface area (Å²) in [4.78, 5) is 4.47. The van der Waals surface area contributed by atoms with Gasteiger partial charge in [0, 0.05) is 23.1 Å². The first-order valence-electron chi connectivity index (χ1n) is 5.98. The van der Waals surface area contributed by atoms with Crippen LogP contribution in [0.4, 0.5) is 0 Å². The summed E-state index contributed by atoms with van der Waals surface area (Å²) in [7, 11) is 0. The molecule has 94 valence electrons. The molecule has 1 aliphatic rings. The van der Waals surface area contributed by atoms with Crippen molar-refractivity contribution in [1.29, 1.82) is 0 Å². The molecule has 3 rings (SSSR count). The van der Waals surface area contributed by atoms with Gasteiger partial charge in [0.05, 0.1) is 5.92 Å². The van der Waals surface area contributed by atoms with Gasteiger partial charge in [0.15, 0.2) is 0 Å². The van der Waals surface area contributed by atoms with Gasteiger partial charge >= 0.3 is 0 Å². The molecule has 2 atom stereocenters. The van der Waals surface area contributed by atoms with E-state index in [0.29, 0.717) is 11.7 Å². The highest BCUT2D eigenvalue weighted by atomic mass is 32.2. The zero-order valence-electron chi connectivity index (χ0n) is 10.2. The second kappa shape index (κ2) is 4.74. The van der Waals surface area contributed by atoms with Crippen molar-refractivity contribution in [3.05, 3.63) is 35.7 Å². The fourth-order valence-corrected chi connectivity index (χ4v) is 3.32. The van der Waals surface area contributed by atoms with Gasteiger partial charge in [-0.15, -0.1) is 0 Å². The molecule has 0 radical (unpaired) electrons. The van der Waals surface area contributed by atoms with E-state index in [-0.39, 0.29) is 12.0 Å². The molecule has 0 saturated carbocycles. The van der Waals surface area contributed by atoms with Gasteiger partial charge in [0.2, 0.25) is 11.7 Å². The van der Waals surface area contributed by atoms with Crippen molar-refractivity contribution < 1.29 is 4.52 Å². The van der Waals surface area contributed by atoms with Gasteiger partial charge in [-0.1, -0.05) is 35.0 Å². The quantitative estimate of drug-likeness (QED) is 0.897. The lowest BCUT2D eigenvalue weighted by Gasteiger charge is -2.07. The van der Waals surface area contributed by atoms with Crippen molar-refractivity contribution in [1.82, 2.24) is 10.1 Å². The van der Waals surface area contributed by atoms with Gasteiger partial charge in [-0.05, 0) is 6.92 Å². The number of aromatic nitrogens is 2. The largest absolute Gasteiger partial charge is 0.339 e. The molecular formula is C13H15N3OS. The van der Waals surface area contributed by atoms with Crippen molar-refractivity contribution in [2.45, 2.75) is 18.9 Å². The van der Waals surface area contributed by atoms with Crippen molar-refractivity contribution >= 4 is 11.8 Å². The molecule has 1 aromatic carbocycles. The Bertz CT molecular complexity index is 537. The molecule has 18 heavy (non-hydrogen) atoms. The van der Waals surface area contributed by atoms with E-state index in [0.717, 1.165) is 17.1 Å². The minimum atomic E-state index is 0.126. The normalized spacial score (nSPS) is 23.4. The number of hydrogen-bond donors (Lipinski definition) is 1. The Labute approximate surface area is 110 Å². The van der Waals surface area contributed by atoms with Gasteiger partial charge in [0.1, 0.15) is 0 Å². The van der Waals surface area contributed by atoms with Crippen LogP contribution in [0, 0.1) is 6.92 Å². The Morgan fingerprint density at radius 2 is 2.06 bits per heavy atom. The summed E-state index contributed by atoms with van der Waals surface area (Å²) in [5.41, 5.74) is 8.23. The van der Waals surface area contributed by atoms with E-state index in [1.807, 2.05) is 36.0 Å². The third-order valence-electron chi connectivity index (χ3n) is 3.19. The topological polar surface area (TPSA) is 64.9 Å².